The molecule has 0 saturated carbocycles. The number of benzene rings is 2. The first-order valence-corrected chi connectivity index (χ1v) is 8.57. The van der Waals surface area contributed by atoms with Crippen molar-refractivity contribution in [2.24, 2.45) is 10.9 Å². The number of aliphatic imine (C=N–C) groups is 1. The van der Waals surface area contributed by atoms with E-state index in [1.54, 1.807) is 13.0 Å². The Morgan fingerprint density at radius 3 is 2.58 bits per heavy atom. The number of halogens is 1. The topological polar surface area (TPSA) is 65.2 Å². The van der Waals surface area contributed by atoms with Gasteiger partial charge in [0.1, 0.15) is 5.82 Å². The van der Waals surface area contributed by atoms with Gasteiger partial charge in [0.2, 0.25) is 5.91 Å². The van der Waals surface area contributed by atoms with Gasteiger partial charge in [0, 0.05) is 18.8 Å². The Morgan fingerprint density at radius 2 is 1.88 bits per heavy atom. The lowest BCUT2D eigenvalue weighted by Crippen LogP contribution is -2.35. The minimum absolute atomic E-state index is 0.282. The standard InChI is InChI=1S/C21H22FN3O/c1-16(24-12-11-18-8-5-9-19(22)14-18)20(15-23)21(26)25-13-10-17-6-3-2-4-7-17/h2-9,14,20H,10-13H2,1H3,(H,25,26). The molecule has 0 heterocycles. The first kappa shape index (κ1) is 19.3. The molecule has 2 aromatic carbocycles. The fourth-order valence-corrected chi connectivity index (χ4v) is 2.56. The van der Waals surface area contributed by atoms with Crippen LogP contribution in [0.15, 0.2) is 59.6 Å². The van der Waals surface area contributed by atoms with Crippen LogP contribution in [0.2, 0.25) is 0 Å². The Morgan fingerprint density at radius 1 is 1.15 bits per heavy atom. The summed E-state index contributed by atoms with van der Waals surface area (Å²) in [5.41, 5.74) is 2.44. The molecule has 2 aromatic rings. The third-order valence-electron chi connectivity index (χ3n) is 4.02. The highest BCUT2D eigenvalue weighted by Gasteiger charge is 2.20. The Bertz CT molecular complexity index is 796. The van der Waals surface area contributed by atoms with Gasteiger partial charge in [-0.2, -0.15) is 5.26 Å². The van der Waals surface area contributed by atoms with E-state index in [1.807, 2.05) is 42.5 Å². The van der Waals surface area contributed by atoms with E-state index in [9.17, 15) is 14.4 Å². The SMILES string of the molecule is CC(=NCCc1cccc(F)c1)C(C#N)C(=O)NCCc1ccccc1. The van der Waals surface area contributed by atoms with E-state index in [-0.39, 0.29) is 11.7 Å². The van der Waals surface area contributed by atoms with Crippen molar-refractivity contribution in [1.29, 1.82) is 5.26 Å². The first-order chi connectivity index (χ1) is 12.6. The predicted octanol–water partition coefficient (Wildman–Crippen LogP) is 3.33. The normalized spacial score (nSPS) is 12.3. The number of nitrogens with zero attached hydrogens (tertiary/aromatic N) is 2. The molecule has 5 heteroatoms. The molecular weight excluding hydrogens is 329 g/mol. The van der Waals surface area contributed by atoms with Gasteiger partial charge < -0.3 is 5.32 Å². The molecule has 1 N–H and O–H groups in total. The summed E-state index contributed by atoms with van der Waals surface area (Å²) in [7, 11) is 0. The van der Waals surface area contributed by atoms with E-state index in [2.05, 4.69) is 10.3 Å². The van der Waals surface area contributed by atoms with Gasteiger partial charge in [-0.15, -0.1) is 0 Å². The van der Waals surface area contributed by atoms with E-state index in [1.165, 1.54) is 12.1 Å². The van der Waals surface area contributed by atoms with Crippen molar-refractivity contribution in [2.45, 2.75) is 19.8 Å². The van der Waals surface area contributed by atoms with Crippen molar-refractivity contribution in [2.75, 3.05) is 13.1 Å². The fourth-order valence-electron chi connectivity index (χ4n) is 2.56. The monoisotopic (exact) mass is 351 g/mol. The average Bonchev–Trinajstić information content (AvgIpc) is 2.63. The summed E-state index contributed by atoms with van der Waals surface area (Å²) in [6.07, 6.45) is 1.27. The zero-order chi connectivity index (χ0) is 18.8. The lowest BCUT2D eigenvalue weighted by atomic mass is 10.0. The molecule has 0 aromatic heterocycles. The molecular formula is C21H22FN3O. The summed E-state index contributed by atoms with van der Waals surface area (Å²) in [6, 6.07) is 18.2. The smallest absolute Gasteiger partial charge is 0.243 e. The van der Waals surface area contributed by atoms with Crippen LogP contribution in [0.3, 0.4) is 0 Å². The number of hydrogen-bond donors (Lipinski definition) is 1. The maximum atomic E-state index is 13.2. The van der Waals surface area contributed by atoms with Crippen LogP contribution in [-0.2, 0) is 17.6 Å². The zero-order valence-corrected chi connectivity index (χ0v) is 14.8. The number of nitrogens with one attached hydrogen (secondary N) is 1. The van der Waals surface area contributed by atoms with E-state index in [0.717, 1.165) is 11.1 Å². The van der Waals surface area contributed by atoms with Gasteiger partial charge >= 0.3 is 0 Å². The molecule has 26 heavy (non-hydrogen) atoms. The van der Waals surface area contributed by atoms with Gasteiger partial charge in [-0.25, -0.2) is 4.39 Å². The molecule has 0 bridgehead atoms. The largest absolute Gasteiger partial charge is 0.354 e. The van der Waals surface area contributed by atoms with Crippen molar-refractivity contribution >= 4 is 11.6 Å². The van der Waals surface area contributed by atoms with Gasteiger partial charge in [0.25, 0.3) is 0 Å². The summed E-state index contributed by atoms with van der Waals surface area (Å²) in [5, 5.41) is 12.1. The Hall–Kier alpha value is -3.00. The molecule has 0 spiro atoms. The number of amides is 1. The zero-order valence-electron chi connectivity index (χ0n) is 14.8. The van der Waals surface area contributed by atoms with E-state index >= 15 is 0 Å². The average molecular weight is 351 g/mol. The molecule has 0 aliphatic heterocycles. The lowest BCUT2D eigenvalue weighted by Gasteiger charge is -2.10. The number of carbonyl (C=O) groups excluding carboxylic acids is 1. The van der Waals surface area contributed by atoms with Gasteiger partial charge in [0.05, 0.1) is 6.07 Å². The summed E-state index contributed by atoms with van der Waals surface area (Å²) >= 11 is 0. The van der Waals surface area contributed by atoms with Crippen LogP contribution in [0.1, 0.15) is 18.1 Å². The van der Waals surface area contributed by atoms with Crippen LogP contribution in [0, 0.1) is 23.1 Å². The lowest BCUT2D eigenvalue weighted by molar-refractivity contribution is -0.121. The number of hydrogen-bond acceptors (Lipinski definition) is 3. The van der Waals surface area contributed by atoms with Crippen LogP contribution in [-0.4, -0.2) is 24.7 Å². The number of carbonyl (C=O) groups is 1. The fraction of sp³-hybridized carbons (Fsp3) is 0.286. The third-order valence-corrected chi connectivity index (χ3v) is 4.02. The highest BCUT2D eigenvalue weighted by molar-refractivity contribution is 6.05. The summed E-state index contributed by atoms with van der Waals surface area (Å²) in [5.74, 6) is -1.52. The minimum Gasteiger partial charge on any atom is -0.354 e. The van der Waals surface area contributed by atoms with Gasteiger partial charge in [-0.05, 0) is 43.0 Å². The summed E-state index contributed by atoms with van der Waals surface area (Å²) in [6.45, 7) is 2.55. The van der Waals surface area contributed by atoms with Crippen molar-refractivity contribution in [3.8, 4) is 6.07 Å². The highest BCUT2D eigenvalue weighted by Crippen LogP contribution is 2.06. The molecule has 0 aliphatic carbocycles. The maximum Gasteiger partial charge on any atom is 0.243 e. The van der Waals surface area contributed by atoms with Gasteiger partial charge in [0.15, 0.2) is 5.92 Å². The second kappa shape index (κ2) is 10.1. The quantitative estimate of drug-likeness (QED) is 0.742. The summed E-state index contributed by atoms with van der Waals surface area (Å²) < 4.78 is 13.2. The molecule has 0 aliphatic rings. The van der Waals surface area contributed by atoms with Crippen molar-refractivity contribution < 1.29 is 9.18 Å². The van der Waals surface area contributed by atoms with Crippen LogP contribution >= 0.6 is 0 Å². The Kier molecular flexibility index (Phi) is 7.50. The second-order valence-electron chi connectivity index (χ2n) is 5.99. The molecule has 0 radical (unpaired) electrons. The first-order valence-electron chi connectivity index (χ1n) is 8.57. The predicted molar refractivity (Wildman–Crippen MR) is 100 cm³/mol. The van der Waals surface area contributed by atoms with E-state index in [0.29, 0.717) is 31.6 Å². The molecule has 4 nitrogen and oxygen atoms in total. The molecule has 2 rings (SSSR count). The molecule has 1 atom stereocenters. The maximum absolute atomic E-state index is 13.2. The Labute approximate surface area is 153 Å². The molecule has 0 saturated heterocycles. The van der Waals surface area contributed by atoms with Crippen LogP contribution in [0.4, 0.5) is 4.39 Å². The Balaban J connectivity index is 1.83. The summed E-state index contributed by atoms with van der Waals surface area (Å²) in [4.78, 5) is 16.5. The number of nitriles is 1. The van der Waals surface area contributed by atoms with Crippen LogP contribution in [0.5, 0.6) is 0 Å². The van der Waals surface area contributed by atoms with Gasteiger partial charge in [-0.3, -0.25) is 9.79 Å². The molecule has 0 fully saturated rings. The number of rotatable bonds is 8. The molecule has 1 unspecified atom stereocenters. The molecule has 1 amide bonds. The molecule has 134 valence electrons. The van der Waals surface area contributed by atoms with Gasteiger partial charge in [-0.1, -0.05) is 42.5 Å². The van der Waals surface area contributed by atoms with Crippen molar-refractivity contribution in [3.05, 3.63) is 71.5 Å². The van der Waals surface area contributed by atoms with E-state index < -0.39 is 5.92 Å². The minimum atomic E-state index is -0.904. The highest BCUT2D eigenvalue weighted by atomic mass is 19.1. The van der Waals surface area contributed by atoms with Crippen LogP contribution < -0.4 is 5.32 Å². The van der Waals surface area contributed by atoms with Crippen molar-refractivity contribution in [3.63, 3.8) is 0 Å². The van der Waals surface area contributed by atoms with Crippen molar-refractivity contribution in [1.82, 2.24) is 5.32 Å². The third kappa shape index (κ3) is 6.14. The second-order valence-corrected chi connectivity index (χ2v) is 5.99. The van der Waals surface area contributed by atoms with Crippen LogP contribution in [0.25, 0.3) is 0 Å². The van der Waals surface area contributed by atoms with E-state index in [4.69, 9.17) is 0 Å².